The molecule has 0 spiro atoms. The monoisotopic (exact) mass is 363 g/mol. The number of benzene rings is 1. The Hall–Kier alpha value is -2.27. The standard InChI is InChI=1S/C21H21N3OS/c1-21(2,3)13-8-9-15-16(10-13)26-19-17(15)20(25)24-18(23-19)14-7-5-4-6-12(14)11-22-24/h4-7,11,13H,8-10H2,1-3H3. The lowest BCUT2D eigenvalue weighted by Crippen LogP contribution is -2.26. The van der Waals surface area contributed by atoms with Crippen molar-refractivity contribution in [2.45, 2.75) is 40.0 Å². The molecule has 1 aliphatic carbocycles. The summed E-state index contributed by atoms with van der Waals surface area (Å²) in [5, 5.41) is 7.16. The van der Waals surface area contributed by atoms with Crippen LogP contribution < -0.4 is 5.56 Å². The Bertz CT molecular complexity index is 1230. The van der Waals surface area contributed by atoms with Gasteiger partial charge in [0.15, 0.2) is 5.65 Å². The predicted molar refractivity (Wildman–Crippen MR) is 107 cm³/mol. The SMILES string of the molecule is CC(C)(C)C1CCc2c(sc3nc4c5ccccc5cnn4c(=O)c23)C1. The zero-order chi connectivity index (χ0) is 18.1. The van der Waals surface area contributed by atoms with Crippen molar-refractivity contribution in [3.63, 3.8) is 0 Å². The number of aryl methyl sites for hydroxylation is 1. The van der Waals surface area contributed by atoms with Crippen LogP contribution in [0, 0.1) is 11.3 Å². The van der Waals surface area contributed by atoms with Crippen LogP contribution in [0.5, 0.6) is 0 Å². The normalized spacial score (nSPS) is 17.9. The van der Waals surface area contributed by atoms with E-state index in [-0.39, 0.29) is 5.56 Å². The van der Waals surface area contributed by atoms with E-state index in [1.165, 1.54) is 15.0 Å². The van der Waals surface area contributed by atoms with Crippen LogP contribution in [-0.4, -0.2) is 14.6 Å². The molecule has 1 aliphatic rings. The highest BCUT2D eigenvalue weighted by molar-refractivity contribution is 7.18. The van der Waals surface area contributed by atoms with E-state index in [9.17, 15) is 4.79 Å². The maximum absolute atomic E-state index is 13.2. The van der Waals surface area contributed by atoms with Gasteiger partial charge in [0.1, 0.15) is 4.83 Å². The molecule has 0 N–H and O–H groups in total. The van der Waals surface area contributed by atoms with Gasteiger partial charge in [0.2, 0.25) is 0 Å². The second-order valence-electron chi connectivity index (χ2n) is 8.37. The van der Waals surface area contributed by atoms with Crippen LogP contribution in [0.15, 0.2) is 35.3 Å². The van der Waals surface area contributed by atoms with E-state index < -0.39 is 0 Å². The highest BCUT2D eigenvalue weighted by Gasteiger charge is 2.32. The first-order chi connectivity index (χ1) is 12.4. The summed E-state index contributed by atoms with van der Waals surface area (Å²) in [6, 6.07) is 7.97. The van der Waals surface area contributed by atoms with Gasteiger partial charge in [-0.2, -0.15) is 9.61 Å². The van der Waals surface area contributed by atoms with Crippen LogP contribution in [-0.2, 0) is 12.8 Å². The Labute approximate surface area is 155 Å². The van der Waals surface area contributed by atoms with Gasteiger partial charge in [-0.05, 0) is 36.2 Å². The molecule has 26 heavy (non-hydrogen) atoms. The maximum Gasteiger partial charge on any atom is 0.283 e. The molecule has 0 amide bonds. The molecular weight excluding hydrogens is 342 g/mol. The number of hydrogen-bond donors (Lipinski definition) is 0. The van der Waals surface area contributed by atoms with Crippen LogP contribution in [0.25, 0.3) is 26.6 Å². The van der Waals surface area contributed by atoms with E-state index in [1.54, 1.807) is 17.5 Å². The molecule has 0 saturated heterocycles. The Morgan fingerprint density at radius 3 is 2.85 bits per heavy atom. The number of thiophene rings is 1. The number of rotatable bonds is 0. The van der Waals surface area contributed by atoms with E-state index in [0.29, 0.717) is 17.0 Å². The summed E-state index contributed by atoms with van der Waals surface area (Å²) >= 11 is 1.70. The zero-order valence-corrected chi connectivity index (χ0v) is 16.1. The third-order valence-corrected chi connectivity index (χ3v) is 6.95. The van der Waals surface area contributed by atoms with Crippen molar-refractivity contribution in [2.24, 2.45) is 11.3 Å². The summed E-state index contributed by atoms with van der Waals surface area (Å²) in [6.07, 6.45) is 4.91. The molecule has 1 aromatic carbocycles. The van der Waals surface area contributed by atoms with Crippen molar-refractivity contribution < 1.29 is 0 Å². The van der Waals surface area contributed by atoms with Crippen molar-refractivity contribution in [1.82, 2.24) is 14.6 Å². The van der Waals surface area contributed by atoms with Gasteiger partial charge in [-0.3, -0.25) is 4.79 Å². The van der Waals surface area contributed by atoms with Gasteiger partial charge in [0.05, 0.1) is 11.6 Å². The van der Waals surface area contributed by atoms with Crippen LogP contribution in [0.4, 0.5) is 0 Å². The van der Waals surface area contributed by atoms with E-state index in [0.717, 1.165) is 40.3 Å². The molecule has 4 aromatic rings. The van der Waals surface area contributed by atoms with Gasteiger partial charge < -0.3 is 0 Å². The Morgan fingerprint density at radius 2 is 2.04 bits per heavy atom. The number of nitrogens with zero attached hydrogens (tertiary/aromatic N) is 3. The molecule has 3 heterocycles. The average Bonchev–Trinajstić information content (AvgIpc) is 2.98. The van der Waals surface area contributed by atoms with Gasteiger partial charge >= 0.3 is 0 Å². The highest BCUT2D eigenvalue weighted by Crippen LogP contribution is 2.42. The molecular formula is C21H21N3OS. The van der Waals surface area contributed by atoms with Crippen molar-refractivity contribution in [2.75, 3.05) is 0 Å². The first-order valence-corrected chi connectivity index (χ1v) is 9.96. The lowest BCUT2D eigenvalue weighted by molar-refractivity contribution is 0.218. The summed E-state index contributed by atoms with van der Waals surface area (Å²) in [6.45, 7) is 6.94. The fourth-order valence-electron chi connectivity index (χ4n) is 4.17. The Balaban J connectivity index is 1.80. The highest BCUT2D eigenvalue weighted by atomic mass is 32.1. The quantitative estimate of drug-likeness (QED) is 0.429. The van der Waals surface area contributed by atoms with E-state index >= 15 is 0 Å². The molecule has 3 aromatic heterocycles. The summed E-state index contributed by atoms with van der Waals surface area (Å²) in [4.78, 5) is 20.3. The van der Waals surface area contributed by atoms with Crippen LogP contribution >= 0.6 is 11.3 Å². The molecule has 4 nitrogen and oxygen atoms in total. The summed E-state index contributed by atoms with van der Waals surface area (Å²) in [5.74, 6) is 0.652. The van der Waals surface area contributed by atoms with Crippen molar-refractivity contribution in [3.8, 4) is 0 Å². The third kappa shape index (κ3) is 2.23. The third-order valence-electron chi connectivity index (χ3n) is 5.80. The fourth-order valence-corrected chi connectivity index (χ4v) is 5.46. The molecule has 1 unspecified atom stereocenters. The lowest BCUT2D eigenvalue weighted by Gasteiger charge is -2.33. The average molecular weight is 363 g/mol. The number of hydrogen-bond acceptors (Lipinski definition) is 4. The molecule has 0 radical (unpaired) electrons. The molecule has 0 fully saturated rings. The fraction of sp³-hybridized carbons (Fsp3) is 0.381. The molecule has 5 heteroatoms. The van der Waals surface area contributed by atoms with Gasteiger partial charge in [-0.1, -0.05) is 45.0 Å². The molecule has 1 atom stereocenters. The summed E-state index contributed by atoms with van der Waals surface area (Å²) in [5.41, 5.74) is 2.14. The minimum absolute atomic E-state index is 0.0255. The predicted octanol–water partition coefficient (Wildman–Crippen LogP) is 4.61. The van der Waals surface area contributed by atoms with E-state index in [1.807, 2.05) is 24.3 Å². The first-order valence-electron chi connectivity index (χ1n) is 9.14. The summed E-state index contributed by atoms with van der Waals surface area (Å²) in [7, 11) is 0. The second kappa shape index (κ2) is 5.36. The summed E-state index contributed by atoms with van der Waals surface area (Å²) < 4.78 is 1.48. The Morgan fingerprint density at radius 1 is 1.23 bits per heavy atom. The van der Waals surface area contributed by atoms with Gasteiger partial charge in [0.25, 0.3) is 5.56 Å². The number of fused-ring (bicyclic) bond motifs is 6. The molecule has 0 saturated carbocycles. The van der Waals surface area contributed by atoms with Crippen molar-refractivity contribution in [1.29, 1.82) is 0 Å². The van der Waals surface area contributed by atoms with Gasteiger partial charge in [-0.15, -0.1) is 11.3 Å². The van der Waals surface area contributed by atoms with Crippen molar-refractivity contribution in [3.05, 3.63) is 51.3 Å². The topological polar surface area (TPSA) is 47.3 Å². The minimum Gasteiger partial charge on any atom is -0.267 e. The molecule has 132 valence electrons. The molecule has 5 rings (SSSR count). The number of aromatic nitrogens is 3. The van der Waals surface area contributed by atoms with E-state index in [4.69, 9.17) is 4.98 Å². The van der Waals surface area contributed by atoms with Gasteiger partial charge in [0, 0.05) is 15.6 Å². The van der Waals surface area contributed by atoms with E-state index in [2.05, 4.69) is 25.9 Å². The first kappa shape index (κ1) is 15.9. The van der Waals surface area contributed by atoms with Gasteiger partial charge in [-0.25, -0.2) is 4.98 Å². The maximum atomic E-state index is 13.2. The Kier molecular flexibility index (Phi) is 3.29. The zero-order valence-electron chi connectivity index (χ0n) is 15.2. The second-order valence-corrected chi connectivity index (χ2v) is 9.46. The van der Waals surface area contributed by atoms with Crippen LogP contribution in [0.1, 0.15) is 37.6 Å². The molecule has 0 bridgehead atoms. The lowest BCUT2D eigenvalue weighted by atomic mass is 9.72. The smallest absolute Gasteiger partial charge is 0.267 e. The molecule has 0 aliphatic heterocycles. The van der Waals surface area contributed by atoms with Crippen molar-refractivity contribution >= 4 is 38.0 Å². The van der Waals surface area contributed by atoms with Crippen LogP contribution in [0.2, 0.25) is 0 Å². The van der Waals surface area contributed by atoms with Crippen LogP contribution in [0.3, 0.4) is 0 Å². The minimum atomic E-state index is -0.0255. The largest absolute Gasteiger partial charge is 0.283 e.